The third-order valence-corrected chi connectivity index (χ3v) is 3.83. The van der Waals surface area contributed by atoms with Crippen molar-refractivity contribution < 1.29 is 4.79 Å². The van der Waals surface area contributed by atoms with Crippen LogP contribution < -0.4 is 5.32 Å². The number of amides is 1. The van der Waals surface area contributed by atoms with Gasteiger partial charge in [0.05, 0.1) is 16.3 Å². The van der Waals surface area contributed by atoms with Crippen molar-refractivity contribution in [3.63, 3.8) is 0 Å². The van der Waals surface area contributed by atoms with E-state index in [-0.39, 0.29) is 5.91 Å². The largest absolute Gasteiger partial charge is 0.321 e. The van der Waals surface area contributed by atoms with Gasteiger partial charge in [-0.05, 0) is 58.7 Å². The van der Waals surface area contributed by atoms with Crippen molar-refractivity contribution in [1.82, 2.24) is 0 Å². The van der Waals surface area contributed by atoms with Gasteiger partial charge in [-0.25, -0.2) is 0 Å². The summed E-state index contributed by atoms with van der Waals surface area (Å²) < 4.78 is 0.832. The molecule has 0 heterocycles. The minimum Gasteiger partial charge on any atom is -0.321 e. The summed E-state index contributed by atoms with van der Waals surface area (Å²) in [4.78, 5) is 12.9. The van der Waals surface area contributed by atoms with Crippen LogP contribution in [0.2, 0.25) is 5.02 Å². The number of thiol groups is 1. The Morgan fingerprint density at radius 2 is 2.00 bits per heavy atom. The van der Waals surface area contributed by atoms with Crippen LogP contribution in [0, 0.1) is 6.92 Å². The molecule has 19 heavy (non-hydrogen) atoms. The standard InChI is InChI=1S/C14H11BrClNOS/c1-8-2-5-13(11(15)6-8)17-14(18)10-7-9(19)3-4-12(10)16/h2-7,19H,1H3,(H,17,18). The zero-order valence-electron chi connectivity index (χ0n) is 10.1. The van der Waals surface area contributed by atoms with E-state index < -0.39 is 0 Å². The van der Waals surface area contributed by atoms with E-state index >= 15 is 0 Å². The molecule has 2 nitrogen and oxygen atoms in total. The summed E-state index contributed by atoms with van der Waals surface area (Å²) >= 11 is 13.6. The van der Waals surface area contributed by atoms with Crippen LogP contribution in [0.25, 0.3) is 0 Å². The van der Waals surface area contributed by atoms with Crippen molar-refractivity contribution in [2.24, 2.45) is 0 Å². The first kappa shape index (κ1) is 14.4. The molecule has 0 aliphatic rings. The number of benzene rings is 2. The molecule has 0 aliphatic heterocycles. The molecule has 1 amide bonds. The fourth-order valence-corrected chi connectivity index (χ4v) is 2.60. The molecule has 0 unspecified atom stereocenters. The third kappa shape index (κ3) is 3.53. The van der Waals surface area contributed by atoms with E-state index in [2.05, 4.69) is 33.9 Å². The van der Waals surface area contributed by atoms with E-state index in [0.717, 1.165) is 10.0 Å². The molecule has 0 saturated carbocycles. The lowest BCUT2D eigenvalue weighted by molar-refractivity contribution is 0.102. The molecule has 0 saturated heterocycles. The number of anilines is 1. The van der Waals surface area contributed by atoms with Gasteiger partial charge in [0, 0.05) is 9.37 Å². The average molecular weight is 357 g/mol. The van der Waals surface area contributed by atoms with Crippen molar-refractivity contribution in [2.45, 2.75) is 11.8 Å². The van der Waals surface area contributed by atoms with Crippen molar-refractivity contribution >= 4 is 51.8 Å². The smallest absolute Gasteiger partial charge is 0.257 e. The van der Waals surface area contributed by atoms with Gasteiger partial charge >= 0.3 is 0 Å². The number of hydrogen-bond acceptors (Lipinski definition) is 2. The third-order valence-electron chi connectivity index (χ3n) is 2.57. The lowest BCUT2D eigenvalue weighted by atomic mass is 10.2. The zero-order valence-corrected chi connectivity index (χ0v) is 13.3. The van der Waals surface area contributed by atoms with Crippen LogP contribution in [0.15, 0.2) is 45.8 Å². The SMILES string of the molecule is Cc1ccc(NC(=O)c2cc(S)ccc2Cl)c(Br)c1. The van der Waals surface area contributed by atoms with Gasteiger partial charge in [0.25, 0.3) is 5.91 Å². The monoisotopic (exact) mass is 355 g/mol. The minimum atomic E-state index is -0.259. The predicted molar refractivity (Wildman–Crippen MR) is 85.5 cm³/mol. The Labute approximate surface area is 130 Å². The number of hydrogen-bond donors (Lipinski definition) is 2. The molecule has 2 aromatic carbocycles. The van der Waals surface area contributed by atoms with Crippen LogP contribution in [-0.4, -0.2) is 5.91 Å². The minimum absolute atomic E-state index is 0.259. The fraction of sp³-hybridized carbons (Fsp3) is 0.0714. The van der Waals surface area contributed by atoms with E-state index in [1.165, 1.54) is 0 Å². The summed E-state index contributed by atoms with van der Waals surface area (Å²) in [6.07, 6.45) is 0. The Hall–Kier alpha value is -0.970. The van der Waals surface area contributed by atoms with Gasteiger partial charge in [-0.1, -0.05) is 17.7 Å². The molecule has 5 heteroatoms. The van der Waals surface area contributed by atoms with Gasteiger partial charge in [0.2, 0.25) is 0 Å². The van der Waals surface area contributed by atoms with Crippen LogP contribution in [0.1, 0.15) is 15.9 Å². The highest BCUT2D eigenvalue weighted by molar-refractivity contribution is 9.10. The van der Waals surface area contributed by atoms with Gasteiger partial charge in [0.1, 0.15) is 0 Å². The second kappa shape index (κ2) is 5.99. The second-order valence-corrected chi connectivity index (χ2v) is 5.88. The zero-order chi connectivity index (χ0) is 14.0. The molecule has 0 aromatic heterocycles. The quantitative estimate of drug-likeness (QED) is 0.732. The first-order valence-corrected chi connectivity index (χ1v) is 7.15. The van der Waals surface area contributed by atoms with Crippen LogP contribution in [0.4, 0.5) is 5.69 Å². The van der Waals surface area contributed by atoms with Crippen molar-refractivity contribution in [3.8, 4) is 0 Å². The Morgan fingerprint density at radius 1 is 1.26 bits per heavy atom. The molecular formula is C14H11BrClNOS. The van der Waals surface area contributed by atoms with E-state index in [9.17, 15) is 4.79 Å². The maximum absolute atomic E-state index is 12.2. The Bertz CT molecular complexity index is 645. The molecule has 1 N–H and O–H groups in total. The maximum Gasteiger partial charge on any atom is 0.257 e. The van der Waals surface area contributed by atoms with Crippen molar-refractivity contribution in [2.75, 3.05) is 5.32 Å². The predicted octanol–water partition coefficient (Wildman–Crippen LogP) is 4.95. The number of halogens is 2. The highest BCUT2D eigenvalue weighted by Gasteiger charge is 2.12. The van der Waals surface area contributed by atoms with Gasteiger partial charge in [-0.2, -0.15) is 0 Å². The van der Waals surface area contributed by atoms with E-state index in [1.807, 2.05) is 25.1 Å². The number of carbonyl (C=O) groups excluding carboxylic acids is 1. The Kier molecular flexibility index (Phi) is 4.55. The van der Waals surface area contributed by atoms with Crippen molar-refractivity contribution in [3.05, 3.63) is 57.0 Å². The molecule has 98 valence electrons. The molecule has 0 bridgehead atoms. The molecule has 0 spiro atoms. The van der Waals surface area contributed by atoms with Crippen LogP contribution >= 0.6 is 40.2 Å². The Morgan fingerprint density at radius 3 is 2.68 bits per heavy atom. The maximum atomic E-state index is 12.2. The lowest BCUT2D eigenvalue weighted by Crippen LogP contribution is -2.13. The topological polar surface area (TPSA) is 29.1 Å². The molecule has 2 rings (SSSR count). The van der Waals surface area contributed by atoms with E-state index in [4.69, 9.17) is 11.6 Å². The average Bonchev–Trinajstić information content (AvgIpc) is 2.35. The highest BCUT2D eigenvalue weighted by Crippen LogP contribution is 2.26. The summed E-state index contributed by atoms with van der Waals surface area (Å²) in [7, 11) is 0. The summed E-state index contributed by atoms with van der Waals surface area (Å²) in [5.41, 5.74) is 2.22. The number of nitrogens with one attached hydrogen (secondary N) is 1. The molecule has 0 fully saturated rings. The number of carbonyl (C=O) groups is 1. The number of aryl methyl sites for hydroxylation is 1. The lowest BCUT2D eigenvalue weighted by Gasteiger charge is -2.09. The molecule has 0 aliphatic carbocycles. The molecular weight excluding hydrogens is 346 g/mol. The fourth-order valence-electron chi connectivity index (χ4n) is 1.60. The van der Waals surface area contributed by atoms with Crippen LogP contribution in [-0.2, 0) is 0 Å². The van der Waals surface area contributed by atoms with Crippen LogP contribution in [0.5, 0.6) is 0 Å². The van der Waals surface area contributed by atoms with Gasteiger partial charge in [-0.15, -0.1) is 12.6 Å². The van der Waals surface area contributed by atoms with Crippen molar-refractivity contribution in [1.29, 1.82) is 0 Å². The summed E-state index contributed by atoms with van der Waals surface area (Å²) in [5, 5.41) is 3.22. The number of rotatable bonds is 2. The first-order valence-electron chi connectivity index (χ1n) is 5.53. The molecule has 0 atom stereocenters. The van der Waals surface area contributed by atoms with Crippen LogP contribution in [0.3, 0.4) is 0 Å². The van der Waals surface area contributed by atoms with E-state index in [0.29, 0.717) is 21.2 Å². The summed E-state index contributed by atoms with van der Waals surface area (Å²) in [6.45, 7) is 1.98. The van der Waals surface area contributed by atoms with Gasteiger partial charge in [-0.3, -0.25) is 4.79 Å². The highest BCUT2D eigenvalue weighted by atomic mass is 79.9. The van der Waals surface area contributed by atoms with Gasteiger partial charge in [0.15, 0.2) is 0 Å². The second-order valence-electron chi connectivity index (χ2n) is 4.10. The van der Waals surface area contributed by atoms with Gasteiger partial charge < -0.3 is 5.32 Å². The molecule has 0 radical (unpaired) electrons. The summed E-state index contributed by atoms with van der Waals surface area (Å²) in [6, 6.07) is 10.7. The Balaban J connectivity index is 2.28. The summed E-state index contributed by atoms with van der Waals surface area (Å²) in [5.74, 6) is -0.259. The first-order chi connectivity index (χ1) is 8.97. The molecule has 2 aromatic rings. The van der Waals surface area contributed by atoms with E-state index in [1.54, 1.807) is 18.2 Å². The normalized spacial score (nSPS) is 10.3.